The Kier molecular flexibility index (Phi) is 4.92. The lowest BCUT2D eigenvalue weighted by Gasteiger charge is -2.10. The van der Waals surface area contributed by atoms with Crippen LogP contribution in [0.3, 0.4) is 0 Å². The van der Waals surface area contributed by atoms with Gasteiger partial charge >= 0.3 is 0 Å². The van der Waals surface area contributed by atoms with E-state index in [-0.39, 0.29) is 17.5 Å². The first-order valence-corrected chi connectivity index (χ1v) is 6.43. The molecule has 0 spiro atoms. The van der Waals surface area contributed by atoms with Crippen molar-refractivity contribution in [3.8, 4) is 6.07 Å². The molecule has 1 heterocycles. The minimum Gasteiger partial charge on any atom is -0.349 e. The molecule has 0 aliphatic heterocycles. The van der Waals surface area contributed by atoms with Gasteiger partial charge in [-0.25, -0.2) is 0 Å². The quantitative estimate of drug-likeness (QED) is 0.658. The summed E-state index contributed by atoms with van der Waals surface area (Å²) in [7, 11) is 0. The maximum absolute atomic E-state index is 11.8. The summed E-state index contributed by atoms with van der Waals surface area (Å²) in [6.07, 6.45) is 2.50. The van der Waals surface area contributed by atoms with Crippen molar-refractivity contribution in [3.63, 3.8) is 0 Å². The number of amides is 1. The van der Waals surface area contributed by atoms with Crippen molar-refractivity contribution in [2.45, 2.75) is 33.2 Å². The van der Waals surface area contributed by atoms with E-state index in [2.05, 4.69) is 5.32 Å². The number of nitriles is 1. The zero-order valence-corrected chi connectivity index (χ0v) is 11.1. The maximum Gasteiger partial charge on any atom is 0.262 e. The number of rotatable bonds is 4. The average Bonchev–Trinajstić information content (AvgIpc) is 2.71. The summed E-state index contributed by atoms with van der Waals surface area (Å²) in [5.74, 6) is -0.297. The highest BCUT2D eigenvalue weighted by Gasteiger charge is 2.12. The van der Waals surface area contributed by atoms with Crippen LogP contribution in [0.4, 0.5) is 0 Å². The summed E-state index contributed by atoms with van der Waals surface area (Å²) in [5, 5.41) is 13.7. The number of nitrogens with zero attached hydrogens (tertiary/aromatic N) is 1. The van der Waals surface area contributed by atoms with Crippen molar-refractivity contribution in [1.82, 2.24) is 5.32 Å². The molecule has 0 aromatic carbocycles. The molecule has 0 aliphatic rings. The molecule has 0 saturated carbocycles. The van der Waals surface area contributed by atoms with Crippen LogP contribution in [0.15, 0.2) is 17.0 Å². The van der Waals surface area contributed by atoms with Crippen molar-refractivity contribution in [3.05, 3.63) is 27.5 Å². The molecule has 4 heteroatoms. The molecule has 1 aromatic rings. The minimum atomic E-state index is -0.297. The molecule has 17 heavy (non-hydrogen) atoms. The Hall–Kier alpha value is -1.60. The molecular formula is C13H16N2OS. The smallest absolute Gasteiger partial charge is 0.262 e. The van der Waals surface area contributed by atoms with Gasteiger partial charge in [0.05, 0.1) is 0 Å². The third-order valence-electron chi connectivity index (χ3n) is 2.53. The van der Waals surface area contributed by atoms with Crippen molar-refractivity contribution in [2.24, 2.45) is 0 Å². The van der Waals surface area contributed by atoms with Crippen molar-refractivity contribution < 1.29 is 4.79 Å². The molecule has 0 saturated heterocycles. The number of nitrogens with one attached hydrogen (secondary N) is 1. The van der Waals surface area contributed by atoms with E-state index >= 15 is 0 Å². The first kappa shape index (κ1) is 13.5. The highest BCUT2D eigenvalue weighted by Crippen LogP contribution is 2.19. The van der Waals surface area contributed by atoms with Crippen LogP contribution >= 0.6 is 11.3 Å². The number of carbonyl (C=O) groups is 1. The standard InChI is InChI=1S/C13H16N2OS/c1-4-10(3)15-13(16)11(8-14)7-12-9(2)5-6-17-12/h5-7,10H,4H2,1-3H3,(H,15,16)/b11-7+/t10-/m0/s1. The van der Waals surface area contributed by atoms with Crippen LogP contribution in [-0.4, -0.2) is 11.9 Å². The van der Waals surface area contributed by atoms with Gasteiger partial charge in [-0.2, -0.15) is 5.26 Å². The van der Waals surface area contributed by atoms with E-state index in [1.165, 1.54) is 11.3 Å². The van der Waals surface area contributed by atoms with Crippen LogP contribution < -0.4 is 5.32 Å². The first-order valence-electron chi connectivity index (χ1n) is 5.55. The molecule has 0 unspecified atom stereocenters. The summed E-state index contributed by atoms with van der Waals surface area (Å²) < 4.78 is 0. The van der Waals surface area contributed by atoms with E-state index in [0.717, 1.165) is 16.9 Å². The Morgan fingerprint density at radius 1 is 1.71 bits per heavy atom. The Morgan fingerprint density at radius 2 is 2.41 bits per heavy atom. The lowest BCUT2D eigenvalue weighted by molar-refractivity contribution is -0.117. The van der Waals surface area contributed by atoms with Crippen LogP contribution in [0.25, 0.3) is 6.08 Å². The van der Waals surface area contributed by atoms with Crippen LogP contribution in [0.2, 0.25) is 0 Å². The van der Waals surface area contributed by atoms with Gasteiger partial charge in [-0.1, -0.05) is 6.92 Å². The number of hydrogen-bond acceptors (Lipinski definition) is 3. The summed E-state index contributed by atoms with van der Waals surface area (Å²) in [4.78, 5) is 12.7. The molecule has 1 rings (SSSR count). The SMILES string of the molecule is CC[C@H](C)NC(=O)/C(C#N)=C/c1sccc1C. The Morgan fingerprint density at radius 3 is 2.88 bits per heavy atom. The fourth-order valence-electron chi connectivity index (χ4n) is 1.22. The molecule has 1 aromatic heterocycles. The average molecular weight is 248 g/mol. The van der Waals surface area contributed by atoms with Crippen molar-refractivity contribution in [2.75, 3.05) is 0 Å². The van der Waals surface area contributed by atoms with Gasteiger partial charge in [0.25, 0.3) is 5.91 Å². The number of aryl methyl sites for hydroxylation is 1. The fraction of sp³-hybridized carbons (Fsp3) is 0.385. The normalized spacial score (nSPS) is 12.9. The van der Waals surface area contributed by atoms with E-state index in [4.69, 9.17) is 5.26 Å². The highest BCUT2D eigenvalue weighted by molar-refractivity contribution is 7.11. The van der Waals surface area contributed by atoms with Gasteiger partial charge in [-0.15, -0.1) is 11.3 Å². The Bertz CT molecular complexity index is 468. The number of hydrogen-bond donors (Lipinski definition) is 1. The third-order valence-corrected chi connectivity index (χ3v) is 3.50. The summed E-state index contributed by atoms with van der Waals surface area (Å²) in [6.45, 7) is 5.87. The molecule has 0 radical (unpaired) electrons. The van der Waals surface area contributed by atoms with Crippen LogP contribution in [0.5, 0.6) is 0 Å². The fourth-order valence-corrected chi connectivity index (χ4v) is 2.07. The van der Waals surface area contributed by atoms with E-state index in [1.54, 1.807) is 6.08 Å². The second kappa shape index (κ2) is 6.21. The molecule has 0 fully saturated rings. The molecule has 1 N–H and O–H groups in total. The zero-order chi connectivity index (χ0) is 12.8. The van der Waals surface area contributed by atoms with Crippen LogP contribution in [0.1, 0.15) is 30.7 Å². The van der Waals surface area contributed by atoms with Gasteiger partial charge in [0.15, 0.2) is 0 Å². The molecular weight excluding hydrogens is 232 g/mol. The number of thiophene rings is 1. The molecule has 1 amide bonds. The second-order valence-electron chi connectivity index (χ2n) is 3.92. The lowest BCUT2D eigenvalue weighted by atomic mass is 10.2. The number of carbonyl (C=O) groups excluding carboxylic acids is 1. The van der Waals surface area contributed by atoms with Gasteiger partial charge in [0.1, 0.15) is 11.6 Å². The summed E-state index contributed by atoms with van der Waals surface area (Å²) in [5.41, 5.74) is 1.25. The van der Waals surface area contributed by atoms with E-state index in [0.29, 0.717) is 0 Å². The predicted molar refractivity (Wildman–Crippen MR) is 70.5 cm³/mol. The molecule has 0 aliphatic carbocycles. The molecule has 0 bridgehead atoms. The second-order valence-corrected chi connectivity index (χ2v) is 4.87. The van der Waals surface area contributed by atoms with Gasteiger partial charge in [-0.3, -0.25) is 4.79 Å². The highest BCUT2D eigenvalue weighted by atomic mass is 32.1. The van der Waals surface area contributed by atoms with Crippen LogP contribution in [-0.2, 0) is 4.79 Å². The monoisotopic (exact) mass is 248 g/mol. The topological polar surface area (TPSA) is 52.9 Å². The first-order chi connectivity index (χ1) is 8.08. The molecule has 3 nitrogen and oxygen atoms in total. The van der Waals surface area contributed by atoms with E-state index in [1.807, 2.05) is 38.3 Å². The van der Waals surface area contributed by atoms with Crippen LogP contribution in [0, 0.1) is 18.3 Å². The van der Waals surface area contributed by atoms with Gasteiger partial charge in [0, 0.05) is 10.9 Å². The largest absolute Gasteiger partial charge is 0.349 e. The molecule has 90 valence electrons. The lowest BCUT2D eigenvalue weighted by Crippen LogP contribution is -2.32. The van der Waals surface area contributed by atoms with Crippen molar-refractivity contribution in [1.29, 1.82) is 5.26 Å². The Labute approximate surface area is 106 Å². The van der Waals surface area contributed by atoms with E-state index in [9.17, 15) is 4.79 Å². The summed E-state index contributed by atoms with van der Waals surface area (Å²) in [6, 6.07) is 4.01. The van der Waals surface area contributed by atoms with Crippen molar-refractivity contribution >= 4 is 23.3 Å². The van der Waals surface area contributed by atoms with E-state index < -0.39 is 0 Å². The summed E-state index contributed by atoms with van der Waals surface area (Å²) >= 11 is 1.53. The predicted octanol–water partition coefficient (Wildman–Crippen LogP) is 2.88. The van der Waals surface area contributed by atoms with Gasteiger partial charge in [-0.05, 0) is 43.4 Å². The van der Waals surface area contributed by atoms with Gasteiger partial charge < -0.3 is 5.32 Å². The third kappa shape index (κ3) is 3.72. The van der Waals surface area contributed by atoms with Gasteiger partial charge in [0.2, 0.25) is 0 Å². The minimum absolute atomic E-state index is 0.0867. The maximum atomic E-state index is 11.8. The Balaban J connectivity index is 2.86. The molecule has 1 atom stereocenters. The zero-order valence-electron chi connectivity index (χ0n) is 10.3.